The molecule has 0 saturated carbocycles. The quantitative estimate of drug-likeness (QED) is 0.876. The number of sulfonamides is 1. The SMILES string of the molecule is Cc1cc(F)cc(C)c1S(=O)(=O)NCC(N)CC(C)(C)C. The highest BCUT2D eigenvalue weighted by Gasteiger charge is 2.22. The van der Waals surface area contributed by atoms with Crippen LogP contribution in [0.1, 0.15) is 38.3 Å². The Kier molecular flexibility index (Phi) is 5.52. The van der Waals surface area contributed by atoms with Gasteiger partial charge in [-0.15, -0.1) is 0 Å². The largest absolute Gasteiger partial charge is 0.326 e. The van der Waals surface area contributed by atoms with Crippen LogP contribution in [0.2, 0.25) is 0 Å². The third kappa shape index (κ3) is 5.37. The first-order valence-electron chi connectivity index (χ1n) is 6.94. The van der Waals surface area contributed by atoms with Crippen LogP contribution >= 0.6 is 0 Å². The predicted octanol–water partition coefficient (Wildman–Crippen LogP) is 2.48. The zero-order valence-corrected chi connectivity index (χ0v) is 14.1. The van der Waals surface area contributed by atoms with Gasteiger partial charge in [0.2, 0.25) is 10.0 Å². The van der Waals surface area contributed by atoms with Gasteiger partial charge in [0.05, 0.1) is 4.90 Å². The van der Waals surface area contributed by atoms with Crippen LogP contribution in [0.3, 0.4) is 0 Å². The highest BCUT2D eigenvalue weighted by molar-refractivity contribution is 7.89. The van der Waals surface area contributed by atoms with Crippen molar-refractivity contribution in [2.75, 3.05) is 6.54 Å². The minimum atomic E-state index is -3.69. The van der Waals surface area contributed by atoms with Crippen molar-refractivity contribution >= 4 is 10.0 Å². The third-order valence-electron chi connectivity index (χ3n) is 3.10. The second kappa shape index (κ2) is 6.42. The molecule has 0 aliphatic rings. The number of nitrogens with two attached hydrogens (primary N) is 1. The first-order valence-corrected chi connectivity index (χ1v) is 8.43. The summed E-state index contributed by atoms with van der Waals surface area (Å²) in [6.45, 7) is 9.48. The molecule has 0 aliphatic carbocycles. The Morgan fingerprint density at radius 2 is 1.71 bits per heavy atom. The van der Waals surface area contributed by atoms with Crippen molar-refractivity contribution < 1.29 is 12.8 Å². The lowest BCUT2D eigenvalue weighted by molar-refractivity contribution is 0.338. The standard InChI is InChI=1S/C15H25FN2O2S/c1-10-6-12(16)7-11(2)14(10)21(19,20)18-9-13(17)8-15(3,4)5/h6-7,13,18H,8-9,17H2,1-5H3. The molecule has 1 rings (SSSR count). The van der Waals surface area contributed by atoms with E-state index in [1.54, 1.807) is 13.8 Å². The molecule has 0 aromatic heterocycles. The van der Waals surface area contributed by atoms with Gasteiger partial charge in [0.25, 0.3) is 0 Å². The van der Waals surface area contributed by atoms with Gasteiger partial charge in [-0.1, -0.05) is 20.8 Å². The third-order valence-corrected chi connectivity index (χ3v) is 4.83. The maximum absolute atomic E-state index is 13.3. The van der Waals surface area contributed by atoms with Crippen molar-refractivity contribution in [3.05, 3.63) is 29.1 Å². The zero-order chi connectivity index (χ0) is 16.4. The lowest BCUT2D eigenvalue weighted by Crippen LogP contribution is -2.39. The van der Waals surface area contributed by atoms with Crippen LogP contribution in [0, 0.1) is 25.1 Å². The van der Waals surface area contributed by atoms with Crippen molar-refractivity contribution in [1.82, 2.24) is 4.72 Å². The Balaban J connectivity index is 2.89. The number of hydrogen-bond acceptors (Lipinski definition) is 3. The lowest BCUT2D eigenvalue weighted by Gasteiger charge is -2.23. The fourth-order valence-electron chi connectivity index (χ4n) is 2.47. The van der Waals surface area contributed by atoms with Crippen molar-refractivity contribution in [3.8, 4) is 0 Å². The Labute approximate surface area is 127 Å². The minimum Gasteiger partial charge on any atom is -0.326 e. The van der Waals surface area contributed by atoms with E-state index in [1.807, 2.05) is 0 Å². The van der Waals surface area contributed by atoms with Crippen molar-refractivity contribution in [2.24, 2.45) is 11.1 Å². The van der Waals surface area contributed by atoms with Crippen molar-refractivity contribution in [2.45, 2.75) is 52.0 Å². The molecule has 0 saturated heterocycles. The molecule has 0 spiro atoms. The number of nitrogens with one attached hydrogen (secondary N) is 1. The van der Waals surface area contributed by atoms with E-state index in [1.165, 1.54) is 12.1 Å². The van der Waals surface area contributed by atoms with Gasteiger partial charge in [-0.3, -0.25) is 0 Å². The second-order valence-corrected chi connectivity index (χ2v) is 8.45. The molecule has 21 heavy (non-hydrogen) atoms. The normalized spacial score (nSPS) is 14.2. The maximum atomic E-state index is 13.3. The fourth-order valence-corrected chi connectivity index (χ4v) is 4.01. The lowest BCUT2D eigenvalue weighted by atomic mass is 9.88. The molecular weight excluding hydrogens is 291 g/mol. The average molecular weight is 316 g/mol. The molecule has 0 bridgehead atoms. The molecule has 6 heteroatoms. The monoisotopic (exact) mass is 316 g/mol. The summed E-state index contributed by atoms with van der Waals surface area (Å²) in [5.41, 5.74) is 6.78. The van der Waals surface area contributed by atoms with Crippen molar-refractivity contribution in [3.63, 3.8) is 0 Å². The fraction of sp³-hybridized carbons (Fsp3) is 0.600. The van der Waals surface area contributed by atoms with Crippen LogP contribution in [0.15, 0.2) is 17.0 Å². The summed E-state index contributed by atoms with van der Waals surface area (Å²) in [4.78, 5) is 0.131. The van der Waals surface area contributed by atoms with Gasteiger partial charge in [0.1, 0.15) is 5.82 Å². The maximum Gasteiger partial charge on any atom is 0.241 e. The smallest absolute Gasteiger partial charge is 0.241 e. The molecule has 0 fully saturated rings. The van der Waals surface area contributed by atoms with Gasteiger partial charge >= 0.3 is 0 Å². The Morgan fingerprint density at radius 1 is 1.24 bits per heavy atom. The molecule has 0 heterocycles. The Bertz CT molecular complexity index is 584. The molecular formula is C15H25FN2O2S. The number of halogens is 1. The van der Waals surface area contributed by atoms with Crippen LogP contribution in [0.4, 0.5) is 4.39 Å². The van der Waals surface area contributed by atoms with Gasteiger partial charge < -0.3 is 5.73 Å². The molecule has 120 valence electrons. The molecule has 1 atom stereocenters. The van der Waals surface area contributed by atoms with Gasteiger partial charge in [-0.2, -0.15) is 0 Å². The number of aryl methyl sites for hydroxylation is 2. The summed E-state index contributed by atoms with van der Waals surface area (Å²) >= 11 is 0. The second-order valence-electron chi connectivity index (χ2n) is 6.75. The molecule has 0 amide bonds. The van der Waals surface area contributed by atoms with Crippen LogP contribution in [0.5, 0.6) is 0 Å². The van der Waals surface area contributed by atoms with Crippen molar-refractivity contribution in [1.29, 1.82) is 0 Å². The van der Waals surface area contributed by atoms with E-state index in [2.05, 4.69) is 25.5 Å². The number of hydrogen-bond donors (Lipinski definition) is 2. The van der Waals surface area contributed by atoms with Gasteiger partial charge in [0.15, 0.2) is 0 Å². The first kappa shape index (κ1) is 18.1. The summed E-state index contributed by atoms with van der Waals surface area (Å²) in [5, 5.41) is 0. The highest BCUT2D eigenvalue weighted by Crippen LogP contribution is 2.22. The molecule has 1 aromatic carbocycles. The van der Waals surface area contributed by atoms with E-state index in [9.17, 15) is 12.8 Å². The van der Waals surface area contributed by atoms with Crippen LogP contribution in [-0.4, -0.2) is 21.0 Å². The highest BCUT2D eigenvalue weighted by atomic mass is 32.2. The minimum absolute atomic E-state index is 0.0343. The topological polar surface area (TPSA) is 72.2 Å². The number of rotatable bonds is 5. The van der Waals surface area contributed by atoms with Gasteiger partial charge in [-0.05, 0) is 48.9 Å². The van der Waals surface area contributed by atoms with E-state index in [4.69, 9.17) is 5.73 Å². The van der Waals surface area contributed by atoms with E-state index < -0.39 is 15.8 Å². The molecule has 3 N–H and O–H groups in total. The van der Waals surface area contributed by atoms with E-state index in [0.717, 1.165) is 0 Å². The average Bonchev–Trinajstić information content (AvgIpc) is 2.22. The Morgan fingerprint density at radius 3 is 2.14 bits per heavy atom. The zero-order valence-electron chi connectivity index (χ0n) is 13.3. The number of benzene rings is 1. The molecule has 0 radical (unpaired) electrons. The van der Waals surface area contributed by atoms with E-state index >= 15 is 0 Å². The molecule has 1 unspecified atom stereocenters. The summed E-state index contributed by atoms with van der Waals surface area (Å²) in [7, 11) is -3.69. The van der Waals surface area contributed by atoms with Crippen LogP contribution < -0.4 is 10.5 Å². The first-order chi connectivity index (χ1) is 9.42. The van der Waals surface area contributed by atoms with E-state index in [-0.39, 0.29) is 22.9 Å². The summed E-state index contributed by atoms with van der Waals surface area (Å²) < 4.78 is 40.5. The molecule has 0 aliphatic heterocycles. The summed E-state index contributed by atoms with van der Waals surface area (Å²) in [5.74, 6) is -0.437. The van der Waals surface area contributed by atoms with E-state index in [0.29, 0.717) is 17.5 Å². The molecule has 1 aromatic rings. The molecule has 4 nitrogen and oxygen atoms in total. The Hall–Kier alpha value is -0.980. The summed E-state index contributed by atoms with van der Waals surface area (Å²) in [6.07, 6.45) is 0.705. The van der Waals surface area contributed by atoms with Gasteiger partial charge in [0, 0.05) is 12.6 Å². The van der Waals surface area contributed by atoms with Crippen LogP contribution in [0.25, 0.3) is 0 Å². The summed E-state index contributed by atoms with van der Waals surface area (Å²) in [6, 6.07) is 2.17. The van der Waals surface area contributed by atoms with Gasteiger partial charge in [-0.25, -0.2) is 17.5 Å². The predicted molar refractivity (Wildman–Crippen MR) is 83.1 cm³/mol. The van der Waals surface area contributed by atoms with Crippen LogP contribution in [-0.2, 0) is 10.0 Å².